The van der Waals surface area contributed by atoms with Gasteiger partial charge in [0.05, 0.1) is 17.4 Å². The molecule has 1 atom stereocenters. The van der Waals surface area contributed by atoms with E-state index in [1.54, 1.807) is 19.9 Å². The predicted octanol–water partition coefficient (Wildman–Crippen LogP) is 2.97. The van der Waals surface area contributed by atoms with Crippen molar-refractivity contribution in [2.45, 2.75) is 26.1 Å². The molecule has 0 saturated heterocycles. The summed E-state index contributed by atoms with van der Waals surface area (Å²) in [4.78, 5) is 0. The largest absolute Gasteiger partial charge is 0.507 e. The van der Waals surface area contributed by atoms with Gasteiger partial charge >= 0.3 is 6.18 Å². The van der Waals surface area contributed by atoms with E-state index >= 15 is 0 Å². The highest BCUT2D eigenvalue weighted by Gasteiger charge is 2.31. The van der Waals surface area contributed by atoms with E-state index in [9.17, 15) is 23.4 Å². The minimum Gasteiger partial charge on any atom is -0.507 e. The fraction of sp³-hybridized carbons (Fsp3) is 0.333. The highest BCUT2D eigenvalue weighted by molar-refractivity contribution is 5.70. The molecule has 23 heavy (non-hydrogen) atoms. The zero-order chi connectivity index (χ0) is 17.2. The summed E-state index contributed by atoms with van der Waals surface area (Å²) in [5.41, 5.74) is 0.159. The molecule has 0 saturated carbocycles. The Morgan fingerprint density at radius 2 is 1.91 bits per heavy atom. The van der Waals surface area contributed by atoms with E-state index in [4.69, 9.17) is 0 Å². The summed E-state index contributed by atoms with van der Waals surface area (Å²) in [5, 5.41) is 29.8. The van der Waals surface area contributed by atoms with Gasteiger partial charge in [-0.15, -0.1) is 10.2 Å². The van der Waals surface area contributed by atoms with Crippen molar-refractivity contribution >= 4 is 5.82 Å². The van der Waals surface area contributed by atoms with Crippen LogP contribution in [0.25, 0.3) is 11.3 Å². The summed E-state index contributed by atoms with van der Waals surface area (Å²) in [5.74, 6) is -0.0829. The van der Waals surface area contributed by atoms with Crippen molar-refractivity contribution in [3.63, 3.8) is 0 Å². The minimum absolute atomic E-state index is 0.171. The third kappa shape index (κ3) is 4.10. The summed E-state index contributed by atoms with van der Waals surface area (Å²) >= 11 is 0. The van der Waals surface area contributed by atoms with Gasteiger partial charge < -0.3 is 15.5 Å². The Labute approximate surface area is 130 Å². The summed E-state index contributed by atoms with van der Waals surface area (Å²) in [6.07, 6.45) is -5.08. The Bertz CT molecular complexity index is 703. The van der Waals surface area contributed by atoms with Gasteiger partial charge in [0.1, 0.15) is 11.6 Å². The first-order chi connectivity index (χ1) is 10.7. The van der Waals surface area contributed by atoms with E-state index in [0.717, 1.165) is 12.1 Å². The lowest BCUT2D eigenvalue weighted by molar-refractivity contribution is -0.137. The van der Waals surface area contributed by atoms with Gasteiger partial charge in [0.2, 0.25) is 0 Å². The molecule has 0 radical (unpaired) electrons. The second kappa shape index (κ2) is 6.41. The lowest BCUT2D eigenvalue weighted by Crippen LogP contribution is -2.16. The zero-order valence-electron chi connectivity index (χ0n) is 12.5. The smallest absolute Gasteiger partial charge is 0.416 e. The summed E-state index contributed by atoms with van der Waals surface area (Å²) in [6, 6.07) is 4.35. The number of aliphatic hydroxyl groups excluding tert-OH is 1. The Morgan fingerprint density at radius 1 is 1.22 bits per heavy atom. The van der Waals surface area contributed by atoms with Gasteiger partial charge in [-0.3, -0.25) is 0 Å². The maximum atomic E-state index is 12.6. The number of nitrogens with zero attached hydrogens (tertiary/aromatic N) is 2. The number of alkyl halides is 3. The highest BCUT2D eigenvalue weighted by Crippen LogP contribution is 2.36. The molecule has 0 aliphatic carbocycles. The van der Waals surface area contributed by atoms with Gasteiger partial charge in [0.25, 0.3) is 0 Å². The molecule has 1 aromatic carbocycles. The molecule has 3 N–H and O–H groups in total. The molecule has 2 aromatic rings. The molecule has 0 unspecified atom stereocenters. The summed E-state index contributed by atoms with van der Waals surface area (Å²) in [7, 11) is 0. The van der Waals surface area contributed by atoms with Crippen molar-refractivity contribution in [1.82, 2.24) is 10.2 Å². The minimum atomic E-state index is -4.52. The number of anilines is 1. The maximum absolute atomic E-state index is 12.6. The van der Waals surface area contributed by atoms with Gasteiger partial charge in [-0.1, -0.05) is 0 Å². The van der Waals surface area contributed by atoms with E-state index in [1.165, 1.54) is 0 Å². The first kappa shape index (κ1) is 17.0. The van der Waals surface area contributed by atoms with Gasteiger partial charge in [-0.25, -0.2) is 0 Å². The average Bonchev–Trinajstić information content (AvgIpc) is 2.44. The van der Waals surface area contributed by atoms with Crippen LogP contribution in [0.4, 0.5) is 19.0 Å². The Balaban J connectivity index is 2.32. The number of nitrogens with one attached hydrogen (secondary N) is 1. The van der Waals surface area contributed by atoms with E-state index in [2.05, 4.69) is 15.5 Å². The van der Waals surface area contributed by atoms with E-state index in [-0.39, 0.29) is 5.56 Å². The van der Waals surface area contributed by atoms with Crippen LogP contribution in [-0.2, 0) is 6.18 Å². The second-order valence-electron chi connectivity index (χ2n) is 5.22. The number of hydrogen-bond acceptors (Lipinski definition) is 5. The first-order valence-corrected chi connectivity index (χ1v) is 6.85. The number of hydrogen-bond donors (Lipinski definition) is 3. The third-order valence-electron chi connectivity index (χ3n) is 3.14. The molecule has 1 aromatic heterocycles. The van der Waals surface area contributed by atoms with Gasteiger partial charge in [-0.2, -0.15) is 13.2 Å². The van der Waals surface area contributed by atoms with Crippen LogP contribution >= 0.6 is 0 Å². The van der Waals surface area contributed by atoms with Crippen LogP contribution in [0.3, 0.4) is 0 Å². The lowest BCUT2D eigenvalue weighted by atomic mass is 10.0. The van der Waals surface area contributed by atoms with Crippen LogP contribution < -0.4 is 5.32 Å². The number of aromatic hydroxyl groups is 1. The molecule has 0 aliphatic heterocycles. The molecule has 0 spiro atoms. The number of aliphatic hydroxyl groups is 1. The zero-order valence-corrected chi connectivity index (χ0v) is 12.5. The molecule has 8 heteroatoms. The predicted molar refractivity (Wildman–Crippen MR) is 79.0 cm³/mol. The molecule has 2 rings (SSSR count). The number of halogens is 3. The molecule has 1 heterocycles. The van der Waals surface area contributed by atoms with Crippen molar-refractivity contribution in [1.29, 1.82) is 0 Å². The number of rotatable bonds is 4. The monoisotopic (exact) mass is 327 g/mol. The Morgan fingerprint density at radius 3 is 2.43 bits per heavy atom. The molecule has 124 valence electrons. The van der Waals surface area contributed by atoms with E-state index in [1.807, 2.05) is 0 Å². The van der Waals surface area contributed by atoms with Crippen LogP contribution in [0.2, 0.25) is 0 Å². The average molecular weight is 327 g/mol. The molecular weight excluding hydrogens is 311 g/mol. The molecule has 0 fully saturated rings. The molecule has 0 bridgehead atoms. The quantitative estimate of drug-likeness (QED) is 0.805. The number of aryl methyl sites for hydroxylation is 1. The SMILES string of the molecule is Cc1cc(NC[C@@H](C)O)nnc1-c1ccc(C(F)(F)F)cc1O. The number of benzene rings is 1. The normalized spacial score (nSPS) is 13.0. The van der Waals surface area contributed by atoms with Crippen LogP contribution in [0.1, 0.15) is 18.1 Å². The fourth-order valence-corrected chi connectivity index (χ4v) is 2.00. The van der Waals surface area contributed by atoms with Crippen molar-refractivity contribution in [2.24, 2.45) is 0 Å². The Kier molecular flexibility index (Phi) is 4.74. The van der Waals surface area contributed by atoms with E-state index < -0.39 is 23.6 Å². The number of phenols is 1. The number of aromatic nitrogens is 2. The molecule has 5 nitrogen and oxygen atoms in total. The molecular formula is C15H16F3N3O2. The maximum Gasteiger partial charge on any atom is 0.416 e. The van der Waals surface area contributed by atoms with Crippen LogP contribution in [-0.4, -0.2) is 33.1 Å². The van der Waals surface area contributed by atoms with Crippen molar-refractivity contribution in [2.75, 3.05) is 11.9 Å². The van der Waals surface area contributed by atoms with Crippen LogP contribution in [0.15, 0.2) is 24.3 Å². The topological polar surface area (TPSA) is 78.3 Å². The lowest BCUT2D eigenvalue weighted by Gasteiger charge is -2.12. The standard InChI is InChI=1S/C15H16F3N3O2/c1-8-5-13(19-7-9(2)22)20-21-14(8)11-4-3-10(6-12(11)23)15(16,17)18/h3-6,9,22-23H,7H2,1-2H3,(H,19,20)/t9-/m1/s1. The number of phenolic OH excluding ortho intramolecular Hbond substituents is 1. The summed E-state index contributed by atoms with van der Waals surface area (Å²) in [6.45, 7) is 3.61. The first-order valence-electron chi connectivity index (χ1n) is 6.85. The van der Waals surface area contributed by atoms with Crippen LogP contribution in [0, 0.1) is 6.92 Å². The third-order valence-corrected chi connectivity index (χ3v) is 3.14. The molecule has 0 amide bonds. The van der Waals surface area contributed by atoms with Gasteiger partial charge in [-0.05, 0) is 43.7 Å². The van der Waals surface area contributed by atoms with Crippen LogP contribution in [0.5, 0.6) is 5.75 Å². The van der Waals surface area contributed by atoms with Crippen molar-refractivity contribution in [3.8, 4) is 17.0 Å². The summed E-state index contributed by atoms with van der Waals surface area (Å²) < 4.78 is 37.8. The van der Waals surface area contributed by atoms with Crippen molar-refractivity contribution < 1.29 is 23.4 Å². The second-order valence-corrected chi connectivity index (χ2v) is 5.22. The Hall–Kier alpha value is -2.35. The van der Waals surface area contributed by atoms with E-state index in [0.29, 0.717) is 29.7 Å². The molecule has 0 aliphatic rings. The van der Waals surface area contributed by atoms with Crippen molar-refractivity contribution in [3.05, 3.63) is 35.4 Å². The van der Waals surface area contributed by atoms with Gasteiger partial charge in [0.15, 0.2) is 0 Å². The fourth-order valence-electron chi connectivity index (χ4n) is 2.00. The highest BCUT2D eigenvalue weighted by atomic mass is 19.4. The van der Waals surface area contributed by atoms with Gasteiger partial charge in [0, 0.05) is 12.1 Å².